The maximum absolute atomic E-state index is 3.62. The molecule has 3 nitrogen and oxygen atoms in total. The van der Waals surface area contributed by atoms with E-state index < -0.39 is 0 Å². The highest BCUT2D eigenvalue weighted by Gasteiger charge is 2.29. The molecule has 114 valence electrons. The van der Waals surface area contributed by atoms with Gasteiger partial charge in [0.25, 0.3) is 0 Å². The molecule has 2 atom stereocenters. The molecule has 0 amide bonds. The van der Waals surface area contributed by atoms with Crippen molar-refractivity contribution >= 4 is 0 Å². The molecule has 0 aromatic heterocycles. The van der Waals surface area contributed by atoms with Crippen LogP contribution in [0.15, 0.2) is 0 Å². The minimum atomic E-state index is 0.713. The summed E-state index contributed by atoms with van der Waals surface area (Å²) in [6, 6.07) is 0.713. The first-order valence-electron chi connectivity index (χ1n) is 7.99. The van der Waals surface area contributed by atoms with Crippen LogP contribution in [0.5, 0.6) is 0 Å². The maximum Gasteiger partial charge on any atom is 0.0246 e. The van der Waals surface area contributed by atoms with Gasteiger partial charge in [0.15, 0.2) is 0 Å². The molecule has 2 unspecified atom stereocenters. The van der Waals surface area contributed by atoms with Gasteiger partial charge in [0.05, 0.1) is 0 Å². The summed E-state index contributed by atoms with van der Waals surface area (Å²) in [5.74, 6) is 2.35. The number of nitrogens with zero attached hydrogens (tertiary/aromatic N) is 2. The molecule has 1 N–H and O–H groups in total. The van der Waals surface area contributed by atoms with Crippen LogP contribution in [0.1, 0.15) is 34.1 Å². The van der Waals surface area contributed by atoms with E-state index in [2.05, 4.69) is 56.9 Å². The normalized spacial score (nSPS) is 22.9. The molecule has 0 aromatic carbocycles. The van der Waals surface area contributed by atoms with E-state index in [1.807, 2.05) is 0 Å². The fourth-order valence-corrected chi connectivity index (χ4v) is 3.03. The third kappa shape index (κ3) is 6.24. The number of likely N-dealkylation sites (tertiary alicyclic amines) is 1. The molecular formula is C16H35N3. The summed E-state index contributed by atoms with van der Waals surface area (Å²) in [5, 5.41) is 3.62. The monoisotopic (exact) mass is 269 g/mol. The largest absolute Gasteiger partial charge is 0.316 e. The van der Waals surface area contributed by atoms with Crippen LogP contribution >= 0.6 is 0 Å². The van der Waals surface area contributed by atoms with Crippen LogP contribution in [0.25, 0.3) is 0 Å². The standard InChI is InChI=1S/C16H35N3/c1-13(2)9-17-10-15-7-8-19(11-15)16(14(3)4)12-18(5)6/h13-17H,7-12H2,1-6H3. The average molecular weight is 269 g/mol. The summed E-state index contributed by atoms with van der Waals surface area (Å²) in [7, 11) is 4.38. The van der Waals surface area contributed by atoms with Gasteiger partial charge in [0.2, 0.25) is 0 Å². The predicted molar refractivity (Wildman–Crippen MR) is 84.6 cm³/mol. The zero-order chi connectivity index (χ0) is 14.4. The fraction of sp³-hybridized carbons (Fsp3) is 1.00. The molecule has 0 bridgehead atoms. The molecule has 0 aliphatic carbocycles. The number of nitrogens with one attached hydrogen (secondary N) is 1. The van der Waals surface area contributed by atoms with Gasteiger partial charge in [-0.1, -0.05) is 27.7 Å². The molecule has 0 aromatic rings. The molecule has 3 heteroatoms. The third-order valence-electron chi connectivity index (χ3n) is 4.09. The molecule has 1 fully saturated rings. The van der Waals surface area contributed by atoms with Crippen LogP contribution < -0.4 is 5.32 Å². The highest BCUT2D eigenvalue weighted by Crippen LogP contribution is 2.22. The van der Waals surface area contributed by atoms with Crippen LogP contribution in [-0.2, 0) is 0 Å². The Morgan fingerprint density at radius 2 is 1.89 bits per heavy atom. The summed E-state index contributed by atoms with van der Waals surface area (Å²) in [6.07, 6.45) is 1.36. The summed E-state index contributed by atoms with van der Waals surface area (Å²) < 4.78 is 0. The zero-order valence-electron chi connectivity index (χ0n) is 13.9. The summed E-state index contributed by atoms with van der Waals surface area (Å²) in [5.41, 5.74) is 0. The Balaban J connectivity index is 2.36. The van der Waals surface area contributed by atoms with Crippen molar-refractivity contribution in [2.24, 2.45) is 17.8 Å². The van der Waals surface area contributed by atoms with E-state index in [0.717, 1.165) is 24.3 Å². The second kappa shape index (κ2) is 8.23. The third-order valence-corrected chi connectivity index (χ3v) is 4.09. The fourth-order valence-electron chi connectivity index (χ4n) is 3.03. The Morgan fingerprint density at radius 1 is 1.21 bits per heavy atom. The van der Waals surface area contributed by atoms with E-state index in [9.17, 15) is 0 Å². The van der Waals surface area contributed by atoms with Crippen molar-refractivity contribution in [3.05, 3.63) is 0 Å². The highest BCUT2D eigenvalue weighted by molar-refractivity contribution is 4.85. The van der Waals surface area contributed by atoms with Gasteiger partial charge in [0.1, 0.15) is 0 Å². The van der Waals surface area contributed by atoms with Gasteiger partial charge in [-0.15, -0.1) is 0 Å². The lowest BCUT2D eigenvalue weighted by Gasteiger charge is -2.33. The Labute approximate surface area is 120 Å². The molecule has 19 heavy (non-hydrogen) atoms. The molecule has 1 aliphatic rings. The van der Waals surface area contributed by atoms with Crippen LogP contribution in [0, 0.1) is 17.8 Å². The highest BCUT2D eigenvalue weighted by atomic mass is 15.2. The van der Waals surface area contributed by atoms with E-state index in [4.69, 9.17) is 0 Å². The maximum atomic E-state index is 3.62. The Bertz CT molecular complexity index is 238. The van der Waals surface area contributed by atoms with Gasteiger partial charge < -0.3 is 10.2 Å². The van der Waals surface area contributed by atoms with E-state index in [0.29, 0.717) is 6.04 Å². The van der Waals surface area contributed by atoms with Gasteiger partial charge in [-0.25, -0.2) is 0 Å². The Kier molecular flexibility index (Phi) is 7.33. The first kappa shape index (κ1) is 16.9. The topological polar surface area (TPSA) is 18.5 Å². The SMILES string of the molecule is CC(C)CNCC1CCN(C(CN(C)C)C(C)C)C1. The van der Waals surface area contributed by atoms with E-state index in [1.165, 1.54) is 32.6 Å². The second-order valence-electron chi connectivity index (χ2n) is 7.28. The molecule has 0 radical (unpaired) electrons. The van der Waals surface area contributed by atoms with Gasteiger partial charge in [0, 0.05) is 19.1 Å². The van der Waals surface area contributed by atoms with E-state index >= 15 is 0 Å². The number of hydrogen-bond acceptors (Lipinski definition) is 3. The lowest BCUT2D eigenvalue weighted by atomic mass is 10.0. The smallest absolute Gasteiger partial charge is 0.0246 e. The van der Waals surface area contributed by atoms with Crippen molar-refractivity contribution < 1.29 is 0 Å². The first-order valence-corrected chi connectivity index (χ1v) is 7.99. The number of hydrogen-bond donors (Lipinski definition) is 1. The van der Waals surface area contributed by atoms with Gasteiger partial charge >= 0.3 is 0 Å². The zero-order valence-corrected chi connectivity index (χ0v) is 13.9. The van der Waals surface area contributed by atoms with Crippen LogP contribution in [0.2, 0.25) is 0 Å². The first-order chi connectivity index (χ1) is 8.90. The van der Waals surface area contributed by atoms with Crippen LogP contribution in [0.3, 0.4) is 0 Å². The van der Waals surface area contributed by atoms with Gasteiger partial charge in [-0.05, 0) is 57.9 Å². The summed E-state index contributed by atoms with van der Waals surface area (Å²) >= 11 is 0. The molecule has 1 heterocycles. The molecule has 1 rings (SSSR count). The molecule has 0 saturated carbocycles. The van der Waals surface area contributed by atoms with Crippen molar-refractivity contribution in [1.82, 2.24) is 15.1 Å². The van der Waals surface area contributed by atoms with Gasteiger partial charge in [-0.2, -0.15) is 0 Å². The minimum Gasteiger partial charge on any atom is -0.316 e. The Morgan fingerprint density at radius 3 is 2.42 bits per heavy atom. The van der Waals surface area contributed by atoms with Crippen molar-refractivity contribution in [3.8, 4) is 0 Å². The van der Waals surface area contributed by atoms with Crippen molar-refractivity contribution in [3.63, 3.8) is 0 Å². The van der Waals surface area contributed by atoms with Crippen molar-refractivity contribution in [2.45, 2.75) is 40.2 Å². The second-order valence-corrected chi connectivity index (χ2v) is 7.28. The average Bonchev–Trinajstić information content (AvgIpc) is 2.73. The number of rotatable bonds is 8. The lowest BCUT2D eigenvalue weighted by molar-refractivity contribution is 0.147. The minimum absolute atomic E-state index is 0.713. The lowest BCUT2D eigenvalue weighted by Crippen LogP contribution is -2.44. The molecular weight excluding hydrogens is 234 g/mol. The van der Waals surface area contributed by atoms with Crippen LogP contribution in [0.4, 0.5) is 0 Å². The van der Waals surface area contributed by atoms with Crippen molar-refractivity contribution in [2.75, 3.05) is 46.8 Å². The predicted octanol–water partition coefficient (Wildman–Crippen LogP) is 2.14. The van der Waals surface area contributed by atoms with Crippen LogP contribution in [-0.4, -0.2) is 62.7 Å². The summed E-state index contributed by atoms with van der Waals surface area (Å²) in [4.78, 5) is 5.04. The van der Waals surface area contributed by atoms with E-state index in [1.54, 1.807) is 0 Å². The van der Waals surface area contributed by atoms with E-state index in [-0.39, 0.29) is 0 Å². The van der Waals surface area contributed by atoms with Gasteiger partial charge in [-0.3, -0.25) is 4.90 Å². The molecule has 1 aliphatic heterocycles. The summed E-state index contributed by atoms with van der Waals surface area (Å²) in [6.45, 7) is 15.4. The molecule has 0 spiro atoms. The molecule has 1 saturated heterocycles. The number of likely N-dealkylation sites (N-methyl/N-ethyl adjacent to an activating group) is 1. The Hall–Kier alpha value is -0.120. The van der Waals surface area contributed by atoms with Crippen molar-refractivity contribution in [1.29, 1.82) is 0 Å². The quantitative estimate of drug-likeness (QED) is 0.728.